The van der Waals surface area contributed by atoms with E-state index < -0.39 is 28.7 Å². The molecule has 0 aromatic heterocycles. The van der Waals surface area contributed by atoms with E-state index in [1.807, 2.05) is 5.32 Å². The van der Waals surface area contributed by atoms with Gasteiger partial charge in [-0.15, -0.1) is 0 Å². The Kier molecular flexibility index (Phi) is 4.25. The highest BCUT2D eigenvalue weighted by molar-refractivity contribution is 6.24. The third-order valence-electron chi connectivity index (χ3n) is 2.29. The Morgan fingerprint density at radius 2 is 1.56 bits per heavy atom. The summed E-state index contributed by atoms with van der Waals surface area (Å²) in [5.74, 6) is -7.00. The van der Waals surface area contributed by atoms with Crippen LogP contribution in [-0.4, -0.2) is 23.3 Å². The van der Waals surface area contributed by atoms with Gasteiger partial charge in [0.1, 0.15) is 0 Å². The van der Waals surface area contributed by atoms with Gasteiger partial charge in [0.2, 0.25) is 0 Å². The highest BCUT2D eigenvalue weighted by Crippen LogP contribution is 2.38. The summed E-state index contributed by atoms with van der Waals surface area (Å²) in [6.07, 6.45) is 0. The van der Waals surface area contributed by atoms with Crippen molar-refractivity contribution in [3.05, 3.63) is 0 Å². The van der Waals surface area contributed by atoms with Crippen LogP contribution in [0.1, 0.15) is 27.7 Å². The second-order valence-electron chi connectivity index (χ2n) is 4.63. The molecule has 0 bridgehead atoms. The Morgan fingerprint density at radius 3 is 1.81 bits per heavy atom. The van der Waals surface area contributed by atoms with Gasteiger partial charge in [-0.3, -0.25) is 4.79 Å². The number of carbonyl (C=O) groups excluding carboxylic acids is 1. The standard InChI is InChI=1S/C9H14ClF4NO/c1-5(7(2,3)4)15-6(16)8(11,12)9(10,13)14/h5H,1-4H3,(H,15,16). The van der Waals surface area contributed by atoms with E-state index in [4.69, 9.17) is 0 Å². The third-order valence-corrected chi connectivity index (χ3v) is 2.53. The van der Waals surface area contributed by atoms with Crippen LogP contribution in [0.15, 0.2) is 0 Å². The summed E-state index contributed by atoms with van der Waals surface area (Å²) >= 11 is 4.17. The van der Waals surface area contributed by atoms with Crippen molar-refractivity contribution in [1.29, 1.82) is 0 Å². The lowest BCUT2D eigenvalue weighted by atomic mass is 9.88. The number of halogens is 5. The van der Waals surface area contributed by atoms with Crippen LogP contribution in [0.2, 0.25) is 0 Å². The average molecular weight is 264 g/mol. The first kappa shape index (κ1) is 15.5. The van der Waals surface area contributed by atoms with E-state index in [1.165, 1.54) is 6.92 Å². The summed E-state index contributed by atoms with van der Waals surface area (Å²) in [4.78, 5) is 10.9. The molecule has 1 N–H and O–H groups in total. The van der Waals surface area contributed by atoms with Crippen LogP contribution in [0.5, 0.6) is 0 Å². The monoisotopic (exact) mass is 263 g/mol. The molecule has 1 atom stereocenters. The van der Waals surface area contributed by atoms with E-state index >= 15 is 0 Å². The lowest BCUT2D eigenvalue weighted by molar-refractivity contribution is -0.181. The van der Waals surface area contributed by atoms with Gasteiger partial charge in [0.15, 0.2) is 0 Å². The van der Waals surface area contributed by atoms with E-state index in [0.717, 1.165) is 0 Å². The number of amides is 1. The molecule has 7 heteroatoms. The maximum Gasteiger partial charge on any atom is 0.400 e. The predicted molar refractivity (Wildman–Crippen MR) is 52.8 cm³/mol. The molecule has 1 amide bonds. The van der Waals surface area contributed by atoms with Crippen LogP contribution in [0.25, 0.3) is 0 Å². The second-order valence-corrected chi connectivity index (χ2v) is 5.11. The van der Waals surface area contributed by atoms with Crippen molar-refractivity contribution in [2.24, 2.45) is 5.41 Å². The minimum Gasteiger partial charge on any atom is -0.348 e. The quantitative estimate of drug-likeness (QED) is 0.615. The molecule has 0 rings (SSSR count). The zero-order chi connectivity index (χ0) is 13.4. The molecule has 0 radical (unpaired) electrons. The summed E-state index contributed by atoms with van der Waals surface area (Å²) in [7, 11) is 0. The topological polar surface area (TPSA) is 29.1 Å². The zero-order valence-electron chi connectivity index (χ0n) is 9.38. The Balaban J connectivity index is 4.73. The van der Waals surface area contributed by atoms with Crippen molar-refractivity contribution in [1.82, 2.24) is 5.32 Å². The van der Waals surface area contributed by atoms with E-state index in [-0.39, 0.29) is 0 Å². The number of hydrogen-bond acceptors (Lipinski definition) is 1. The summed E-state index contributed by atoms with van der Waals surface area (Å²) < 4.78 is 50.1. The molecular formula is C9H14ClF4NO. The first-order chi connectivity index (χ1) is 6.80. The largest absolute Gasteiger partial charge is 0.400 e. The Morgan fingerprint density at radius 1 is 1.19 bits per heavy atom. The Bertz CT molecular complexity index is 270. The summed E-state index contributed by atoms with van der Waals surface area (Å²) in [5, 5.41) is -3.08. The molecule has 16 heavy (non-hydrogen) atoms. The number of hydrogen-bond donors (Lipinski definition) is 1. The van der Waals surface area contributed by atoms with Gasteiger partial charge >= 0.3 is 11.3 Å². The number of alkyl halides is 5. The Labute approximate surface area is 96.3 Å². The molecular weight excluding hydrogens is 250 g/mol. The van der Waals surface area contributed by atoms with Gasteiger partial charge in [0, 0.05) is 6.04 Å². The normalized spacial score (nSPS) is 15.8. The van der Waals surface area contributed by atoms with Crippen molar-refractivity contribution >= 4 is 17.5 Å². The lowest BCUT2D eigenvalue weighted by Gasteiger charge is -2.30. The van der Waals surface area contributed by atoms with Crippen LogP contribution < -0.4 is 5.32 Å². The van der Waals surface area contributed by atoms with Gasteiger partial charge < -0.3 is 5.32 Å². The third kappa shape index (κ3) is 3.50. The maximum absolute atomic E-state index is 12.8. The fourth-order valence-electron chi connectivity index (χ4n) is 0.633. The number of carbonyl (C=O) groups is 1. The van der Waals surface area contributed by atoms with Gasteiger partial charge in [-0.2, -0.15) is 17.6 Å². The average Bonchev–Trinajstić information content (AvgIpc) is 1.99. The molecule has 96 valence electrons. The predicted octanol–water partition coefficient (Wildman–Crippen LogP) is 3.00. The molecule has 0 heterocycles. The first-order valence-electron chi connectivity index (χ1n) is 4.55. The number of rotatable bonds is 3. The molecule has 0 saturated carbocycles. The van der Waals surface area contributed by atoms with E-state index in [2.05, 4.69) is 11.6 Å². The molecule has 0 spiro atoms. The van der Waals surface area contributed by atoms with Crippen LogP contribution in [0.3, 0.4) is 0 Å². The summed E-state index contributed by atoms with van der Waals surface area (Å²) in [6.45, 7) is 6.47. The molecule has 1 unspecified atom stereocenters. The van der Waals surface area contributed by atoms with Crippen LogP contribution in [0.4, 0.5) is 17.6 Å². The molecule has 0 aromatic carbocycles. The molecule has 0 saturated heterocycles. The minimum atomic E-state index is -4.92. The smallest absolute Gasteiger partial charge is 0.348 e. The van der Waals surface area contributed by atoms with Crippen LogP contribution in [-0.2, 0) is 4.79 Å². The highest BCUT2D eigenvalue weighted by atomic mass is 35.5. The summed E-state index contributed by atoms with van der Waals surface area (Å²) in [6, 6.07) is -0.690. The van der Waals surface area contributed by atoms with Crippen molar-refractivity contribution in [2.45, 2.75) is 45.0 Å². The van der Waals surface area contributed by atoms with E-state index in [0.29, 0.717) is 0 Å². The SMILES string of the molecule is CC(NC(=O)C(F)(F)C(F)(F)Cl)C(C)(C)C. The van der Waals surface area contributed by atoms with Gasteiger partial charge in [0.25, 0.3) is 5.91 Å². The van der Waals surface area contributed by atoms with Crippen LogP contribution in [0, 0.1) is 5.41 Å². The van der Waals surface area contributed by atoms with Crippen molar-refractivity contribution in [3.8, 4) is 0 Å². The molecule has 2 nitrogen and oxygen atoms in total. The fraction of sp³-hybridized carbons (Fsp3) is 0.889. The molecule has 0 fully saturated rings. The summed E-state index contributed by atoms with van der Waals surface area (Å²) in [5.41, 5.74) is -0.520. The van der Waals surface area contributed by atoms with E-state index in [9.17, 15) is 22.4 Å². The number of nitrogens with one attached hydrogen (secondary N) is 1. The zero-order valence-corrected chi connectivity index (χ0v) is 10.1. The van der Waals surface area contributed by atoms with E-state index in [1.54, 1.807) is 20.8 Å². The van der Waals surface area contributed by atoms with Gasteiger partial charge in [-0.1, -0.05) is 20.8 Å². The van der Waals surface area contributed by atoms with Gasteiger partial charge in [0.05, 0.1) is 0 Å². The minimum absolute atomic E-state index is 0.520. The van der Waals surface area contributed by atoms with Crippen molar-refractivity contribution in [2.75, 3.05) is 0 Å². The molecule has 0 aliphatic rings. The van der Waals surface area contributed by atoms with Crippen LogP contribution >= 0.6 is 11.6 Å². The Hall–Kier alpha value is -0.520. The highest BCUT2D eigenvalue weighted by Gasteiger charge is 2.61. The first-order valence-corrected chi connectivity index (χ1v) is 4.93. The lowest BCUT2D eigenvalue weighted by Crippen LogP contribution is -2.54. The molecule has 0 aliphatic carbocycles. The second kappa shape index (κ2) is 4.39. The van der Waals surface area contributed by atoms with Crippen molar-refractivity contribution in [3.63, 3.8) is 0 Å². The van der Waals surface area contributed by atoms with Gasteiger partial charge in [-0.05, 0) is 23.9 Å². The van der Waals surface area contributed by atoms with Crippen molar-refractivity contribution < 1.29 is 22.4 Å². The fourth-order valence-corrected chi connectivity index (χ4v) is 0.718. The maximum atomic E-state index is 12.8. The van der Waals surface area contributed by atoms with Gasteiger partial charge in [-0.25, -0.2) is 0 Å². The molecule has 0 aliphatic heterocycles. The molecule has 0 aromatic rings.